The van der Waals surface area contributed by atoms with Crippen molar-refractivity contribution in [1.29, 1.82) is 0 Å². The molecule has 32 heavy (non-hydrogen) atoms. The summed E-state index contributed by atoms with van der Waals surface area (Å²) in [6, 6.07) is 12.4. The summed E-state index contributed by atoms with van der Waals surface area (Å²) in [5.74, 6) is 0.858. The molecular formula is C21H22N4O6S. The Hall–Kier alpha value is -3.86. The van der Waals surface area contributed by atoms with Crippen LogP contribution in [0.5, 0.6) is 17.4 Å². The molecule has 0 radical (unpaired) electrons. The normalized spacial score (nSPS) is 10.8. The number of aryl methyl sites for hydroxylation is 1. The van der Waals surface area contributed by atoms with E-state index in [-0.39, 0.29) is 23.2 Å². The smallest absolute Gasteiger partial charge is 0.263 e. The third-order valence-electron chi connectivity index (χ3n) is 4.22. The molecule has 0 aliphatic rings. The Kier molecular flexibility index (Phi) is 7.11. The molecule has 168 valence electrons. The van der Waals surface area contributed by atoms with Gasteiger partial charge in [0.1, 0.15) is 12.1 Å². The van der Waals surface area contributed by atoms with Gasteiger partial charge in [-0.1, -0.05) is 6.07 Å². The van der Waals surface area contributed by atoms with Gasteiger partial charge in [-0.25, -0.2) is 18.4 Å². The first-order valence-electron chi connectivity index (χ1n) is 9.37. The summed E-state index contributed by atoms with van der Waals surface area (Å²) >= 11 is 0. The first-order chi connectivity index (χ1) is 15.3. The Morgan fingerprint density at radius 2 is 1.72 bits per heavy atom. The zero-order valence-corrected chi connectivity index (χ0v) is 18.5. The van der Waals surface area contributed by atoms with E-state index < -0.39 is 15.9 Å². The maximum absolute atomic E-state index is 12.5. The molecule has 0 bridgehead atoms. The zero-order chi connectivity index (χ0) is 23.1. The summed E-state index contributed by atoms with van der Waals surface area (Å²) in [6.07, 6.45) is 1.18. The van der Waals surface area contributed by atoms with Crippen molar-refractivity contribution in [1.82, 2.24) is 9.97 Å². The average Bonchev–Trinajstić information content (AvgIpc) is 2.78. The van der Waals surface area contributed by atoms with E-state index in [2.05, 4.69) is 20.0 Å². The molecule has 0 unspecified atom stereocenters. The van der Waals surface area contributed by atoms with Crippen molar-refractivity contribution in [2.75, 3.05) is 30.9 Å². The Balaban J connectivity index is 1.60. The molecule has 0 atom stereocenters. The molecule has 1 amide bonds. The number of hydrogen-bond acceptors (Lipinski definition) is 8. The van der Waals surface area contributed by atoms with Crippen LogP contribution in [-0.2, 0) is 14.8 Å². The quantitative estimate of drug-likeness (QED) is 0.501. The second-order valence-corrected chi connectivity index (χ2v) is 8.25. The second kappa shape index (κ2) is 9.96. The molecule has 0 fully saturated rings. The van der Waals surface area contributed by atoms with Gasteiger partial charge >= 0.3 is 0 Å². The van der Waals surface area contributed by atoms with Gasteiger partial charge in [-0.15, -0.1) is 0 Å². The van der Waals surface area contributed by atoms with Gasteiger partial charge in [0.25, 0.3) is 15.9 Å². The highest BCUT2D eigenvalue weighted by atomic mass is 32.2. The van der Waals surface area contributed by atoms with Crippen molar-refractivity contribution < 1.29 is 27.4 Å². The summed E-state index contributed by atoms with van der Waals surface area (Å²) in [6.45, 7) is 1.68. The van der Waals surface area contributed by atoms with E-state index in [1.165, 1.54) is 50.9 Å². The van der Waals surface area contributed by atoms with Crippen LogP contribution in [0.25, 0.3) is 0 Å². The first-order valence-corrected chi connectivity index (χ1v) is 10.9. The van der Waals surface area contributed by atoms with Crippen molar-refractivity contribution in [2.24, 2.45) is 0 Å². The predicted octanol–water partition coefficient (Wildman–Crippen LogP) is 2.62. The Labute approximate surface area is 185 Å². The van der Waals surface area contributed by atoms with E-state index in [0.29, 0.717) is 17.2 Å². The molecule has 2 aromatic carbocycles. The number of amides is 1. The van der Waals surface area contributed by atoms with Gasteiger partial charge in [0.2, 0.25) is 5.88 Å². The van der Waals surface area contributed by atoms with Crippen LogP contribution in [0.15, 0.2) is 59.8 Å². The number of anilines is 2. The SMILES string of the molecule is COc1cc(NS(=O)(=O)c2ccc(NC(=O)COc3ccc(C)cc3OC)cc2)ncn1. The minimum atomic E-state index is -3.89. The molecule has 3 rings (SSSR count). The van der Waals surface area contributed by atoms with Crippen LogP contribution in [0.1, 0.15) is 5.56 Å². The lowest BCUT2D eigenvalue weighted by molar-refractivity contribution is -0.118. The van der Waals surface area contributed by atoms with Crippen LogP contribution < -0.4 is 24.2 Å². The number of ether oxygens (including phenoxy) is 3. The third kappa shape index (κ3) is 5.85. The van der Waals surface area contributed by atoms with Crippen molar-refractivity contribution >= 4 is 27.4 Å². The Morgan fingerprint density at radius 3 is 2.41 bits per heavy atom. The number of aromatic nitrogens is 2. The summed E-state index contributed by atoms with van der Waals surface area (Å²) < 4.78 is 43.1. The summed E-state index contributed by atoms with van der Waals surface area (Å²) in [7, 11) is -0.954. The van der Waals surface area contributed by atoms with Crippen LogP contribution in [0.4, 0.5) is 11.5 Å². The predicted molar refractivity (Wildman–Crippen MR) is 118 cm³/mol. The Bertz CT molecular complexity index is 1200. The van der Waals surface area contributed by atoms with E-state index in [1.807, 2.05) is 13.0 Å². The number of methoxy groups -OCH3 is 2. The molecule has 2 N–H and O–H groups in total. The molecule has 0 aliphatic carbocycles. The van der Waals surface area contributed by atoms with Crippen LogP contribution in [0.2, 0.25) is 0 Å². The standard InChI is InChI=1S/C21H22N4O6S/c1-14-4-9-17(18(10-14)29-2)31-12-20(26)24-15-5-7-16(8-6-15)32(27,28)25-19-11-21(30-3)23-13-22-19/h4-11,13H,12H2,1-3H3,(H,24,26)(H,22,23,25). The summed E-state index contributed by atoms with van der Waals surface area (Å²) in [5, 5.41) is 2.65. The number of benzene rings is 2. The van der Waals surface area contributed by atoms with Crippen molar-refractivity contribution in [3.63, 3.8) is 0 Å². The minimum Gasteiger partial charge on any atom is -0.493 e. The average molecular weight is 458 g/mol. The van der Waals surface area contributed by atoms with Crippen LogP contribution in [0.3, 0.4) is 0 Å². The molecule has 0 spiro atoms. The molecule has 1 aromatic heterocycles. The first kappa shape index (κ1) is 22.8. The number of carbonyl (C=O) groups excluding carboxylic acids is 1. The van der Waals surface area contributed by atoms with E-state index in [4.69, 9.17) is 14.2 Å². The van der Waals surface area contributed by atoms with E-state index in [9.17, 15) is 13.2 Å². The van der Waals surface area contributed by atoms with E-state index in [0.717, 1.165) is 5.56 Å². The largest absolute Gasteiger partial charge is 0.493 e. The lowest BCUT2D eigenvalue weighted by Gasteiger charge is -2.12. The molecular weight excluding hydrogens is 436 g/mol. The maximum Gasteiger partial charge on any atom is 0.263 e. The van der Waals surface area contributed by atoms with Gasteiger partial charge in [0.05, 0.1) is 19.1 Å². The second-order valence-electron chi connectivity index (χ2n) is 6.57. The molecule has 1 heterocycles. The number of hydrogen-bond donors (Lipinski definition) is 2. The summed E-state index contributed by atoms with van der Waals surface area (Å²) in [4.78, 5) is 19.9. The molecule has 0 saturated heterocycles. The lowest BCUT2D eigenvalue weighted by atomic mass is 10.2. The van der Waals surface area contributed by atoms with Crippen molar-refractivity contribution in [2.45, 2.75) is 11.8 Å². The highest BCUT2D eigenvalue weighted by Gasteiger charge is 2.16. The highest BCUT2D eigenvalue weighted by Crippen LogP contribution is 2.27. The van der Waals surface area contributed by atoms with E-state index in [1.54, 1.807) is 12.1 Å². The number of rotatable bonds is 9. The van der Waals surface area contributed by atoms with Gasteiger partial charge in [0.15, 0.2) is 18.1 Å². The minimum absolute atomic E-state index is 0.00581. The molecule has 11 heteroatoms. The summed E-state index contributed by atoms with van der Waals surface area (Å²) in [5.41, 5.74) is 1.42. The topological polar surface area (TPSA) is 129 Å². The maximum atomic E-state index is 12.5. The van der Waals surface area contributed by atoms with E-state index >= 15 is 0 Å². The molecule has 10 nitrogen and oxygen atoms in total. The van der Waals surface area contributed by atoms with Gasteiger partial charge in [-0.3, -0.25) is 9.52 Å². The third-order valence-corrected chi connectivity index (χ3v) is 5.59. The lowest BCUT2D eigenvalue weighted by Crippen LogP contribution is -2.20. The monoisotopic (exact) mass is 458 g/mol. The number of nitrogens with one attached hydrogen (secondary N) is 2. The molecule has 3 aromatic rings. The van der Waals surface area contributed by atoms with Gasteiger partial charge in [-0.05, 0) is 48.9 Å². The molecule has 0 saturated carbocycles. The Morgan fingerprint density at radius 1 is 0.969 bits per heavy atom. The number of nitrogens with zero attached hydrogens (tertiary/aromatic N) is 2. The fourth-order valence-electron chi connectivity index (χ4n) is 2.66. The highest BCUT2D eigenvalue weighted by molar-refractivity contribution is 7.92. The molecule has 0 aliphatic heterocycles. The van der Waals surface area contributed by atoms with Crippen LogP contribution in [-0.4, -0.2) is 45.1 Å². The van der Waals surface area contributed by atoms with Crippen LogP contribution in [0, 0.1) is 6.92 Å². The van der Waals surface area contributed by atoms with Gasteiger partial charge in [0, 0.05) is 11.8 Å². The fourth-order valence-corrected chi connectivity index (χ4v) is 3.65. The van der Waals surface area contributed by atoms with Gasteiger partial charge in [-0.2, -0.15) is 0 Å². The van der Waals surface area contributed by atoms with Gasteiger partial charge < -0.3 is 19.5 Å². The van der Waals surface area contributed by atoms with Crippen LogP contribution >= 0.6 is 0 Å². The van der Waals surface area contributed by atoms with Crippen molar-refractivity contribution in [3.8, 4) is 17.4 Å². The zero-order valence-electron chi connectivity index (χ0n) is 17.7. The number of carbonyl (C=O) groups is 1. The number of sulfonamides is 1. The fraction of sp³-hybridized carbons (Fsp3) is 0.190. The van der Waals surface area contributed by atoms with Crippen molar-refractivity contribution in [3.05, 3.63) is 60.4 Å².